The van der Waals surface area contributed by atoms with Crippen molar-refractivity contribution in [2.75, 3.05) is 0 Å². The third-order valence-corrected chi connectivity index (χ3v) is 13.9. The molecule has 7 aromatic carbocycles. The largest absolute Gasteiger partial charge is 0.133 e. The lowest BCUT2D eigenvalue weighted by molar-refractivity contribution is 0.485. The summed E-state index contributed by atoms with van der Waals surface area (Å²) < 4.78 is 0. The maximum absolute atomic E-state index is 2.45. The van der Waals surface area contributed by atoms with E-state index in [1.54, 1.807) is 0 Å². The Hall–Kier alpha value is -4.59. The van der Waals surface area contributed by atoms with E-state index in [-0.39, 0.29) is 5.41 Å². The average molecular weight is 601 g/mol. The molecule has 222 valence electrons. The molecule has 0 nitrogen and oxygen atoms in total. The molecule has 0 aliphatic carbocycles. The van der Waals surface area contributed by atoms with Gasteiger partial charge in [-0.2, -0.15) is 0 Å². The summed E-state index contributed by atoms with van der Waals surface area (Å²) in [5.41, 5.74) is 4.08. The minimum absolute atomic E-state index is 0.129. The van der Waals surface area contributed by atoms with Crippen LogP contribution in [0.15, 0.2) is 183 Å². The van der Waals surface area contributed by atoms with Crippen molar-refractivity contribution in [2.24, 2.45) is 0 Å². The van der Waals surface area contributed by atoms with Gasteiger partial charge in [0.25, 0.3) is 0 Å². The zero-order chi connectivity index (χ0) is 30.9. The van der Waals surface area contributed by atoms with Crippen molar-refractivity contribution in [3.8, 4) is 0 Å². The number of benzene rings is 7. The highest BCUT2D eigenvalue weighted by atomic mass is 32.3. The van der Waals surface area contributed by atoms with Gasteiger partial charge in [-0.05, 0) is 107 Å². The molecule has 0 radical (unpaired) electrons. The lowest BCUT2D eigenvalue weighted by Crippen LogP contribution is -2.27. The van der Waals surface area contributed by atoms with Crippen molar-refractivity contribution in [2.45, 2.75) is 58.6 Å². The molecular formula is C44H40S. The Balaban J connectivity index is 1.50. The third kappa shape index (κ3) is 4.61. The second-order valence-electron chi connectivity index (χ2n) is 12.0. The van der Waals surface area contributed by atoms with E-state index in [0.717, 1.165) is 12.8 Å². The van der Waals surface area contributed by atoms with Crippen molar-refractivity contribution >= 4 is 31.6 Å². The number of fused-ring (bicyclic) bond motifs is 2. The van der Waals surface area contributed by atoms with Gasteiger partial charge < -0.3 is 0 Å². The lowest BCUT2D eigenvalue weighted by Gasteiger charge is -2.42. The molecule has 0 heterocycles. The normalized spacial score (nSPS) is 12.4. The summed E-state index contributed by atoms with van der Waals surface area (Å²) in [5, 5.41) is 5.46. The molecule has 0 spiro atoms. The highest BCUT2D eigenvalue weighted by Crippen LogP contribution is 2.73. The molecule has 7 aromatic rings. The highest BCUT2D eigenvalue weighted by Gasteiger charge is 2.37. The quantitative estimate of drug-likeness (QED) is 0.152. The van der Waals surface area contributed by atoms with Crippen LogP contribution in [0.5, 0.6) is 0 Å². The summed E-state index contributed by atoms with van der Waals surface area (Å²) in [6.07, 6.45) is 2.04. The first-order valence-corrected chi connectivity index (χ1v) is 17.8. The number of aryl methyl sites for hydroxylation is 1. The van der Waals surface area contributed by atoms with Crippen molar-refractivity contribution in [1.82, 2.24) is 0 Å². The fourth-order valence-corrected chi connectivity index (χ4v) is 11.6. The van der Waals surface area contributed by atoms with E-state index in [1.807, 2.05) is 0 Å². The maximum atomic E-state index is 2.45. The van der Waals surface area contributed by atoms with Gasteiger partial charge in [0.1, 0.15) is 0 Å². The maximum Gasteiger partial charge on any atom is 0.0210 e. The van der Waals surface area contributed by atoms with Gasteiger partial charge in [0.05, 0.1) is 0 Å². The summed E-state index contributed by atoms with van der Waals surface area (Å²) in [7, 11) is -1.73. The summed E-state index contributed by atoms with van der Waals surface area (Å²) in [5.74, 6) is 0. The van der Waals surface area contributed by atoms with Crippen molar-refractivity contribution < 1.29 is 0 Å². The van der Waals surface area contributed by atoms with Gasteiger partial charge in [-0.3, -0.25) is 0 Å². The molecule has 0 saturated heterocycles. The molecule has 0 fully saturated rings. The predicted octanol–water partition coefficient (Wildman–Crippen LogP) is 12.7. The monoisotopic (exact) mass is 600 g/mol. The summed E-state index contributed by atoms with van der Waals surface area (Å²) in [4.78, 5) is 5.41. The van der Waals surface area contributed by atoms with Crippen molar-refractivity contribution in [3.63, 3.8) is 0 Å². The first kappa shape index (κ1) is 29.1. The summed E-state index contributed by atoms with van der Waals surface area (Å²) in [6.45, 7) is 7.02. The SMILES string of the molecule is CCC(CC)(c1ccc(S(c2ccccc2)(c2ccccc2)c2ccccc2)cc1)c1c2ccccc2c(C)c2ccccc12. The van der Waals surface area contributed by atoms with E-state index in [2.05, 4.69) is 185 Å². The standard InChI is InChI=1S/C44H40S/c1-4-44(5-2,43-41-27-17-15-25-39(41)33(3)40-26-16-18-28-42(40)43)34-29-31-38(32-30-34)45(35-19-9-6-10-20-35,36-21-11-7-12-22-36)37-23-13-8-14-24-37/h6-32H,4-5H2,1-3H3. The van der Waals surface area contributed by atoms with Crippen LogP contribution in [0, 0.1) is 6.92 Å². The minimum Gasteiger partial charge on any atom is -0.133 e. The van der Waals surface area contributed by atoms with Crippen LogP contribution in [0.3, 0.4) is 0 Å². The van der Waals surface area contributed by atoms with Crippen LogP contribution in [0.2, 0.25) is 0 Å². The molecule has 0 bridgehead atoms. The molecule has 0 unspecified atom stereocenters. The number of hydrogen-bond acceptors (Lipinski definition) is 0. The molecule has 0 saturated carbocycles. The smallest absolute Gasteiger partial charge is 0.0210 e. The second-order valence-corrected chi connectivity index (χ2v) is 15.1. The molecule has 1 heteroatoms. The minimum atomic E-state index is -1.73. The van der Waals surface area contributed by atoms with Crippen LogP contribution >= 0.6 is 10.0 Å². The molecule has 0 aliphatic heterocycles. The number of hydrogen-bond donors (Lipinski definition) is 0. The molecule has 7 rings (SSSR count). The van der Waals surface area contributed by atoms with E-state index in [4.69, 9.17) is 0 Å². The Labute approximate surface area is 269 Å². The van der Waals surface area contributed by atoms with E-state index < -0.39 is 10.0 Å². The molecule has 45 heavy (non-hydrogen) atoms. The Morgan fingerprint density at radius 3 is 1.11 bits per heavy atom. The Morgan fingerprint density at radius 1 is 0.400 bits per heavy atom. The van der Waals surface area contributed by atoms with Crippen LogP contribution in [-0.4, -0.2) is 0 Å². The molecule has 0 amide bonds. The van der Waals surface area contributed by atoms with Gasteiger partial charge in [-0.25, -0.2) is 0 Å². The molecule has 0 N–H and O–H groups in total. The zero-order valence-electron chi connectivity index (χ0n) is 26.4. The predicted molar refractivity (Wildman–Crippen MR) is 194 cm³/mol. The van der Waals surface area contributed by atoms with Crippen LogP contribution in [0.25, 0.3) is 21.5 Å². The topological polar surface area (TPSA) is 0 Å². The fraction of sp³-hybridized carbons (Fsp3) is 0.136. The molecule has 0 aromatic heterocycles. The van der Waals surface area contributed by atoms with Gasteiger partial charge in [-0.1, -0.05) is 129 Å². The van der Waals surface area contributed by atoms with Gasteiger partial charge in [-0.15, -0.1) is 10.0 Å². The molecule has 0 atom stereocenters. The first-order valence-electron chi connectivity index (χ1n) is 16.1. The second kappa shape index (κ2) is 12.1. The van der Waals surface area contributed by atoms with Gasteiger partial charge in [0.15, 0.2) is 0 Å². The Bertz CT molecular complexity index is 1900. The zero-order valence-corrected chi connectivity index (χ0v) is 27.2. The van der Waals surface area contributed by atoms with Crippen molar-refractivity contribution in [1.29, 1.82) is 0 Å². The molecule has 0 aliphatic rings. The average Bonchev–Trinajstić information content (AvgIpc) is 3.12. The van der Waals surface area contributed by atoms with E-state index in [0.29, 0.717) is 0 Å². The van der Waals surface area contributed by atoms with Crippen LogP contribution in [0.1, 0.15) is 43.4 Å². The van der Waals surface area contributed by atoms with Crippen LogP contribution in [-0.2, 0) is 5.41 Å². The van der Waals surface area contributed by atoms with E-state index >= 15 is 0 Å². The first-order chi connectivity index (χ1) is 22.1. The van der Waals surface area contributed by atoms with Crippen LogP contribution < -0.4 is 0 Å². The Morgan fingerprint density at radius 2 is 0.733 bits per heavy atom. The number of rotatable bonds is 8. The molecular weight excluding hydrogens is 561 g/mol. The van der Waals surface area contributed by atoms with E-state index in [1.165, 1.54) is 57.8 Å². The highest BCUT2D eigenvalue weighted by molar-refractivity contribution is 8.34. The van der Waals surface area contributed by atoms with Gasteiger partial charge in [0, 0.05) is 25.0 Å². The summed E-state index contributed by atoms with van der Waals surface area (Å²) >= 11 is 0. The summed E-state index contributed by atoms with van der Waals surface area (Å²) in [6, 6.07) is 61.2. The third-order valence-electron chi connectivity index (χ3n) is 9.94. The lowest BCUT2D eigenvalue weighted by atomic mass is 9.67. The van der Waals surface area contributed by atoms with Crippen LogP contribution in [0.4, 0.5) is 0 Å². The van der Waals surface area contributed by atoms with Crippen molar-refractivity contribution in [3.05, 3.63) is 180 Å². The van der Waals surface area contributed by atoms with Gasteiger partial charge in [0.2, 0.25) is 0 Å². The van der Waals surface area contributed by atoms with E-state index in [9.17, 15) is 0 Å². The fourth-order valence-electron chi connectivity index (χ4n) is 7.69. The van der Waals surface area contributed by atoms with Gasteiger partial charge >= 0.3 is 0 Å². The Kier molecular flexibility index (Phi) is 7.81.